The first-order valence-corrected chi connectivity index (χ1v) is 9.93. The minimum Gasteiger partial charge on any atom is -0.492 e. The van der Waals surface area contributed by atoms with Crippen LogP contribution < -0.4 is 10.1 Å². The summed E-state index contributed by atoms with van der Waals surface area (Å²) in [6, 6.07) is 16.2. The van der Waals surface area contributed by atoms with Crippen LogP contribution in [-0.2, 0) is 12.8 Å². The largest absolute Gasteiger partial charge is 0.492 e. The molecule has 2 aromatic carbocycles. The average Bonchev–Trinajstić information content (AvgIpc) is 3.09. The Kier molecular flexibility index (Phi) is 5.46. The van der Waals surface area contributed by atoms with Gasteiger partial charge in [0.1, 0.15) is 12.4 Å². The van der Waals surface area contributed by atoms with Crippen molar-refractivity contribution in [2.24, 2.45) is 0 Å². The SMILES string of the molecule is C[C@H](COc1ccc2c3c([nH]c2c1)CCCC3)NC[C@H](O)c1ccccc1. The van der Waals surface area contributed by atoms with Gasteiger partial charge in [0.2, 0.25) is 0 Å². The van der Waals surface area contributed by atoms with Gasteiger partial charge in [-0.3, -0.25) is 0 Å². The van der Waals surface area contributed by atoms with Crippen molar-refractivity contribution < 1.29 is 9.84 Å². The number of nitrogens with one attached hydrogen (secondary N) is 2. The molecule has 3 aromatic rings. The van der Waals surface area contributed by atoms with E-state index in [1.807, 2.05) is 30.3 Å². The number of aromatic nitrogens is 1. The number of rotatable bonds is 7. The number of H-pyrrole nitrogens is 1. The van der Waals surface area contributed by atoms with Crippen molar-refractivity contribution in [2.75, 3.05) is 13.2 Å². The summed E-state index contributed by atoms with van der Waals surface area (Å²) < 4.78 is 5.98. The predicted molar refractivity (Wildman–Crippen MR) is 109 cm³/mol. The Morgan fingerprint density at radius 2 is 1.93 bits per heavy atom. The second-order valence-electron chi connectivity index (χ2n) is 7.54. The zero-order valence-electron chi connectivity index (χ0n) is 15.9. The summed E-state index contributed by atoms with van der Waals surface area (Å²) in [6.07, 6.45) is 4.40. The predicted octanol–water partition coefficient (Wildman–Crippen LogP) is 4.14. The number of aryl methyl sites for hydroxylation is 2. The van der Waals surface area contributed by atoms with Crippen LogP contribution in [0.15, 0.2) is 48.5 Å². The lowest BCUT2D eigenvalue weighted by Crippen LogP contribution is -2.34. The lowest BCUT2D eigenvalue weighted by Gasteiger charge is -2.18. The van der Waals surface area contributed by atoms with Crippen LogP contribution >= 0.6 is 0 Å². The number of fused-ring (bicyclic) bond motifs is 3. The molecule has 0 bridgehead atoms. The van der Waals surface area contributed by atoms with Crippen molar-refractivity contribution in [3.8, 4) is 5.75 Å². The number of aliphatic hydroxyl groups excluding tert-OH is 1. The number of aromatic amines is 1. The molecular formula is C23H28N2O2. The first-order valence-electron chi connectivity index (χ1n) is 9.93. The fourth-order valence-corrected chi connectivity index (χ4v) is 3.87. The summed E-state index contributed by atoms with van der Waals surface area (Å²) in [5, 5.41) is 14.9. The Morgan fingerprint density at radius 3 is 2.78 bits per heavy atom. The Labute approximate surface area is 160 Å². The topological polar surface area (TPSA) is 57.3 Å². The number of hydrogen-bond donors (Lipinski definition) is 3. The van der Waals surface area contributed by atoms with Gasteiger partial charge in [-0.05, 0) is 55.9 Å². The molecule has 0 saturated heterocycles. The van der Waals surface area contributed by atoms with Gasteiger partial charge >= 0.3 is 0 Å². The molecule has 0 spiro atoms. The van der Waals surface area contributed by atoms with E-state index in [0.29, 0.717) is 13.2 Å². The highest BCUT2D eigenvalue weighted by atomic mass is 16.5. The van der Waals surface area contributed by atoms with Crippen LogP contribution in [0.3, 0.4) is 0 Å². The molecule has 4 nitrogen and oxygen atoms in total. The minimum absolute atomic E-state index is 0.149. The molecule has 1 aliphatic carbocycles. The Bertz CT molecular complexity index is 888. The highest BCUT2D eigenvalue weighted by Crippen LogP contribution is 2.31. The molecule has 1 aromatic heterocycles. The molecule has 142 valence electrons. The normalized spacial score (nSPS) is 16.1. The highest BCUT2D eigenvalue weighted by Gasteiger charge is 2.16. The molecule has 0 fully saturated rings. The first-order chi connectivity index (χ1) is 13.2. The highest BCUT2D eigenvalue weighted by molar-refractivity contribution is 5.86. The fourth-order valence-electron chi connectivity index (χ4n) is 3.87. The first kappa shape index (κ1) is 18.1. The van der Waals surface area contributed by atoms with E-state index < -0.39 is 6.10 Å². The third kappa shape index (κ3) is 4.18. The van der Waals surface area contributed by atoms with Gasteiger partial charge in [-0.1, -0.05) is 30.3 Å². The van der Waals surface area contributed by atoms with E-state index in [9.17, 15) is 5.11 Å². The van der Waals surface area contributed by atoms with Crippen LogP contribution in [0, 0.1) is 0 Å². The summed E-state index contributed by atoms with van der Waals surface area (Å²) in [5.41, 5.74) is 5.00. The van der Waals surface area contributed by atoms with Gasteiger partial charge in [-0.15, -0.1) is 0 Å². The molecule has 3 N–H and O–H groups in total. The lowest BCUT2D eigenvalue weighted by atomic mass is 9.96. The number of hydrogen-bond acceptors (Lipinski definition) is 3. The maximum atomic E-state index is 10.2. The third-order valence-corrected chi connectivity index (χ3v) is 5.41. The fraction of sp³-hybridized carbons (Fsp3) is 0.391. The lowest BCUT2D eigenvalue weighted by molar-refractivity contribution is 0.164. The molecule has 0 amide bonds. The van der Waals surface area contributed by atoms with Gasteiger partial charge in [-0.25, -0.2) is 0 Å². The number of ether oxygens (including phenoxy) is 1. The summed E-state index contributed by atoms with van der Waals surface area (Å²) in [5.74, 6) is 0.887. The van der Waals surface area contributed by atoms with Gasteiger partial charge < -0.3 is 20.1 Å². The van der Waals surface area contributed by atoms with Gasteiger partial charge in [0.05, 0.1) is 6.10 Å². The molecule has 0 saturated carbocycles. The molecule has 0 radical (unpaired) electrons. The minimum atomic E-state index is -0.504. The Balaban J connectivity index is 1.31. The third-order valence-electron chi connectivity index (χ3n) is 5.41. The van der Waals surface area contributed by atoms with E-state index in [1.165, 1.54) is 41.4 Å². The quantitative estimate of drug-likeness (QED) is 0.591. The van der Waals surface area contributed by atoms with Crippen LogP contribution in [0.2, 0.25) is 0 Å². The van der Waals surface area contributed by atoms with E-state index in [0.717, 1.165) is 17.7 Å². The standard InChI is InChI=1S/C23H28N2O2/c1-16(24-14-23(26)17-7-3-2-4-8-17)15-27-18-11-12-20-19-9-5-6-10-21(19)25-22(20)13-18/h2-4,7-8,11-13,16,23-26H,5-6,9-10,14-15H2,1H3/t16-,23+/m1/s1. The summed E-state index contributed by atoms with van der Waals surface area (Å²) in [6.45, 7) is 3.15. The average molecular weight is 364 g/mol. The van der Waals surface area contributed by atoms with E-state index >= 15 is 0 Å². The Morgan fingerprint density at radius 1 is 1.11 bits per heavy atom. The summed E-state index contributed by atoms with van der Waals surface area (Å²) in [7, 11) is 0. The molecule has 4 rings (SSSR count). The maximum absolute atomic E-state index is 10.2. The smallest absolute Gasteiger partial charge is 0.121 e. The van der Waals surface area contributed by atoms with E-state index in [2.05, 4.69) is 35.4 Å². The van der Waals surface area contributed by atoms with Crippen molar-refractivity contribution in [2.45, 2.75) is 44.8 Å². The zero-order chi connectivity index (χ0) is 18.6. The van der Waals surface area contributed by atoms with Crippen molar-refractivity contribution in [1.29, 1.82) is 0 Å². The van der Waals surface area contributed by atoms with Gasteiger partial charge in [0, 0.05) is 35.2 Å². The second-order valence-corrected chi connectivity index (χ2v) is 7.54. The second kappa shape index (κ2) is 8.15. The van der Waals surface area contributed by atoms with E-state index in [1.54, 1.807) is 0 Å². The monoisotopic (exact) mass is 364 g/mol. The Hall–Kier alpha value is -2.30. The van der Waals surface area contributed by atoms with Gasteiger partial charge in [0.25, 0.3) is 0 Å². The zero-order valence-corrected chi connectivity index (χ0v) is 15.9. The summed E-state index contributed by atoms with van der Waals surface area (Å²) >= 11 is 0. The molecule has 0 aliphatic heterocycles. The van der Waals surface area contributed by atoms with Crippen molar-refractivity contribution in [3.63, 3.8) is 0 Å². The molecule has 27 heavy (non-hydrogen) atoms. The van der Waals surface area contributed by atoms with Crippen molar-refractivity contribution >= 4 is 10.9 Å². The van der Waals surface area contributed by atoms with E-state index in [4.69, 9.17) is 4.74 Å². The molecule has 2 atom stereocenters. The van der Waals surface area contributed by atoms with Crippen LogP contribution in [0.1, 0.15) is 42.7 Å². The maximum Gasteiger partial charge on any atom is 0.121 e. The number of aliphatic hydroxyl groups is 1. The van der Waals surface area contributed by atoms with Crippen molar-refractivity contribution in [1.82, 2.24) is 10.3 Å². The molecule has 1 aliphatic rings. The molecular weight excluding hydrogens is 336 g/mol. The van der Waals surface area contributed by atoms with Crippen LogP contribution in [0.5, 0.6) is 5.75 Å². The molecule has 0 unspecified atom stereocenters. The molecule has 4 heteroatoms. The van der Waals surface area contributed by atoms with E-state index in [-0.39, 0.29) is 6.04 Å². The van der Waals surface area contributed by atoms with Crippen LogP contribution in [0.4, 0.5) is 0 Å². The van der Waals surface area contributed by atoms with Gasteiger partial charge in [0.15, 0.2) is 0 Å². The van der Waals surface area contributed by atoms with Gasteiger partial charge in [-0.2, -0.15) is 0 Å². The van der Waals surface area contributed by atoms with Crippen LogP contribution in [-0.4, -0.2) is 29.3 Å². The molecule has 1 heterocycles. The van der Waals surface area contributed by atoms with Crippen molar-refractivity contribution in [3.05, 3.63) is 65.4 Å². The number of benzene rings is 2. The van der Waals surface area contributed by atoms with Crippen LogP contribution in [0.25, 0.3) is 10.9 Å². The summed E-state index contributed by atoms with van der Waals surface area (Å²) in [4.78, 5) is 3.57.